The Morgan fingerprint density at radius 2 is 1.15 bits per heavy atom. The molecular formula is C49H29N3O2S. The highest BCUT2D eigenvalue weighted by Crippen LogP contribution is 2.45. The first-order valence-electron chi connectivity index (χ1n) is 18.4. The smallest absolute Gasteiger partial charge is 0.227 e. The van der Waals surface area contributed by atoms with E-state index in [1.54, 1.807) is 0 Å². The highest BCUT2D eigenvalue weighted by Gasteiger charge is 2.22. The van der Waals surface area contributed by atoms with E-state index >= 15 is 0 Å². The van der Waals surface area contributed by atoms with E-state index in [-0.39, 0.29) is 0 Å². The third-order valence-corrected chi connectivity index (χ3v) is 12.0. The Bertz CT molecular complexity index is 3450. The number of thiophene rings is 1. The fourth-order valence-electron chi connectivity index (χ4n) is 8.33. The molecule has 0 N–H and O–H groups in total. The molecule has 0 fully saturated rings. The van der Waals surface area contributed by atoms with E-state index in [1.165, 1.54) is 36.5 Å². The standard InChI is InChI=1S/C49H29N3O2S/c1-3-11-30(12-4-1)49-50-40-24-25-43-47(48(40)54-49)38-23-20-34(29-44(38)53-43)51(32-21-26-46-39(27-32)37-16-8-10-18-45(37)55-46)33-19-22-36-35-15-7-9-17-41(35)52(42(36)28-33)31-13-5-2-6-14-31/h1-29H. The highest BCUT2D eigenvalue weighted by atomic mass is 32.1. The monoisotopic (exact) mass is 723 g/mol. The molecule has 6 heteroatoms. The minimum atomic E-state index is 0.597. The van der Waals surface area contributed by atoms with E-state index in [9.17, 15) is 0 Å². The number of para-hydroxylation sites is 2. The van der Waals surface area contributed by atoms with Gasteiger partial charge in [-0.3, -0.25) is 0 Å². The maximum absolute atomic E-state index is 6.62. The van der Waals surface area contributed by atoms with Gasteiger partial charge in [-0.05, 0) is 91.0 Å². The van der Waals surface area contributed by atoms with E-state index in [4.69, 9.17) is 13.8 Å². The van der Waals surface area contributed by atoms with Gasteiger partial charge in [-0.15, -0.1) is 11.3 Å². The summed E-state index contributed by atoms with van der Waals surface area (Å²) >= 11 is 1.83. The zero-order chi connectivity index (χ0) is 36.0. The zero-order valence-electron chi connectivity index (χ0n) is 29.3. The molecule has 258 valence electrons. The van der Waals surface area contributed by atoms with Gasteiger partial charge in [0.2, 0.25) is 5.89 Å². The van der Waals surface area contributed by atoms with Gasteiger partial charge in [0, 0.05) is 70.7 Å². The van der Waals surface area contributed by atoms with Crippen LogP contribution in [0.1, 0.15) is 0 Å². The zero-order valence-corrected chi connectivity index (χ0v) is 30.1. The molecule has 4 aromatic heterocycles. The predicted molar refractivity (Wildman–Crippen MR) is 229 cm³/mol. The third kappa shape index (κ3) is 4.62. The fourth-order valence-corrected chi connectivity index (χ4v) is 9.42. The number of furan rings is 1. The van der Waals surface area contributed by atoms with E-state index in [1.807, 2.05) is 53.8 Å². The summed E-state index contributed by atoms with van der Waals surface area (Å²) in [5.74, 6) is 0.597. The van der Waals surface area contributed by atoms with Gasteiger partial charge in [-0.1, -0.05) is 78.9 Å². The SMILES string of the molecule is c1ccc(-c2nc3ccc4oc5cc(N(c6ccc7sc8ccccc8c7c6)c6ccc7c8ccccc8n(-c8ccccc8)c7c6)ccc5c4c3o2)cc1. The van der Waals surface area contributed by atoms with Gasteiger partial charge in [0.25, 0.3) is 0 Å². The number of oxazole rings is 1. The number of anilines is 3. The van der Waals surface area contributed by atoms with Crippen LogP contribution in [0.15, 0.2) is 185 Å². The lowest BCUT2D eigenvalue weighted by molar-refractivity contribution is 0.622. The maximum atomic E-state index is 6.62. The summed E-state index contributed by atoms with van der Waals surface area (Å²) in [6, 6.07) is 62.1. The molecule has 0 spiro atoms. The van der Waals surface area contributed by atoms with Crippen molar-refractivity contribution in [3.63, 3.8) is 0 Å². The molecule has 5 nitrogen and oxygen atoms in total. The largest absolute Gasteiger partial charge is 0.456 e. The maximum Gasteiger partial charge on any atom is 0.227 e. The molecule has 0 aliphatic carbocycles. The fraction of sp³-hybridized carbons (Fsp3) is 0. The van der Waals surface area contributed by atoms with E-state index in [0.717, 1.165) is 66.9 Å². The molecule has 0 aliphatic rings. The van der Waals surface area contributed by atoms with Crippen LogP contribution in [0.25, 0.3) is 92.2 Å². The van der Waals surface area contributed by atoms with Gasteiger partial charge >= 0.3 is 0 Å². The van der Waals surface area contributed by atoms with Crippen LogP contribution in [-0.4, -0.2) is 9.55 Å². The van der Waals surface area contributed by atoms with Crippen LogP contribution in [-0.2, 0) is 0 Å². The van der Waals surface area contributed by atoms with Crippen molar-refractivity contribution in [2.24, 2.45) is 0 Å². The number of rotatable bonds is 5. The van der Waals surface area contributed by atoms with Gasteiger partial charge in [-0.2, -0.15) is 0 Å². The summed E-state index contributed by atoms with van der Waals surface area (Å²) in [6.07, 6.45) is 0. The molecule has 0 saturated heterocycles. The van der Waals surface area contributed by atoms with Crippen molar-refractivity contribution in [2.75, 3.05) is 4.90 Å². The topological polar surface area (TPSA) is 47.3 Å². The summed E-state index contributed by atoms with van der Waals surface area (Å²) in [5, 5.41) is 6.86. The molecule has 55 heavy (non-hydrogen) atoms. The molecule has 0 amide bonds. The van der Waals surface area contributed by atoms with Crippen molar-refractivity contribution in [1.82, 2.24) is 9.55 Å². The van der Waals surface area contributed by atoms with Crippen LogP contribution in [0.5, 0.6) is 0 Å². The van der Waals surface area contributed by atoms with E-state index in [2.05, 4.69) is 143 Å². The third-order valence-electron chi connectivity index (χ3n) is 10.8. The number of nitrogens with zero attached hydrogens (tertiary/aromatic N) is 3. The van der Waals surface area contributed by atoms with E-state index in [0.29, 0.717) is 5.89 Å². The first-order valence-corrected chi connectivity index (χ1v) is 19.2. The number of hydrogen-bond acceptors (Lipinski definition) is 5. The lowest BCUT2D eigenvalue weighted by Gasteiger charge is -2.26. The molecule has 8 aromatic carbocycles. The molecule has 0 saturated carbocycles. The number of hydrogen-bond donors (Lipinski definition) is 0. The van der Waals surface area contributed by atoms with Crippen molar-refractivity contribution < 1.29 is 8.83 Å². The number of aromatic nitrogens is 2. The van der Waals surface area contributed by atoms with Gasteiger partial charge in [0.05, 0.1) is 16.4 Å². The van der Waals surface area contributed by atoms with Gasteiger partial charge < -0.3 is 18.3 Å². The predicted octanol–water partition coefficient (Wildman–Crippen LogP) is 14.3. The van der Waals surface area contributed by atoms with Crippen molar-refractivity contribution in [3.05, 3.63) is 176 Å². The van der Waals surface area contributed by atoms with Crippen LogP contribution >= 0.6 is 11.3 Å². The molecule has 0 radical (unpaired) electrons. The molecule has 4 heterocycles. The van der Waals surface area contributed by atoms with E-state index < -0.39 is 0 Å². The minimum absolute atomic E-state index is 0.597. The Morgan fingerprint density at radius 1 is 0.473 bits per heavy atom. The molecule has 0 aliphatic heterocycles. The Kier molecular flexibility index (Phi) is 6.44. The normalized spacial score (nSPS) is 12.0. The lowest BCUT2D eigenvalue weighted by Crippen LogP contribution is -2.10. The molecular weight excluding hydrogens is 695 g/mol. The first-order chi connectivity index (χ1) is 27.2. The average Bonchev–Trinajstić information content (AvgIpc) is 4.01. The van der Waals surface area contributed by atoms with Crippen LogP contribution in [0.2, 0.25) is 0 Å². The quantitative estimate of drug-likeness (QED) is 0.177. The van der Waals surface area contributed by atoms with Gasteiger partial charge in [0.1, 0.15) is 16.7 Å². The summed E-state index contributed by atoms with van der Waals surface area (Å²) in [7, 11) is 0. The number of benzene rings is 8. The summed E-state index contributed by atoms with van der Waals surface area (Å²) < 4.78 is 18.0. The van der Waals surface area contributed by atoms with Crippen LogP contribution in [0.4, 0.5) is 17.1 Å². The average molecular weight is 724 g/mol. The molecule has 0 bridgehead atoms. The second kappa shape index (κ2) is 11.7. The van der Waals surface area contributed by atoms with Crippen molar-refractivity contribution in [1.29, 1.82) is 0 Å². The lowest BCUT2D eigenvalue weighted by atomic mass is 10.1. The molecule has 12 rings (SSSR count). The summed E-state index contributed by atoms with van der Waals surface area (Å²) in [5.41, 5.74) is 10.6. The molecule has 0 atom stereocenters. The molecule has 0 unspecified atom stereocenters. The minimum Gasteiger partial charge on any atom is -0.456 e. The van der Waals surface area contributed by atoms with Crippen molar-refractivity contribution in [2.45, 2.75) is 0 Å². The van der Waals surface area contributed by atoms with Crippen molar-refractivity contribution in [3.8, 4) is 17.1 Å². The summed E-state index contributed by atoms with van der Waals surface area (Å²) in [6.45, 7) is 0. The Balaban J connectivity index is 1.09. The highest BCUT2D eigenvalue weighted by molar-refractivity contribution is 7.25. The molecule has 12 aromatic rings. The van der Waals surface area contributed by atoms with Crippen LogP contribution in [0.3, 0.4) is 0 Å². The van der Waals surface area contributed by atoms with Crippen LogP contribution in [0, 0.1) is 0 Å². The Hall–Kier alpha value is -7.15. The Labute approximate surface area is 318 Å². The number of fused-ring (bicyclic) bond motifs is 11. The summed E-state index contributed by atoms with van der Waals surface area (Å²) in [4.78, 5) is 7.19. The second-order valence-corrected chi connectivity index (χ2v) is 15.0. The van der Waals surface area contributed by atoms with Gasteiger partial charge in [-0.25, -0.2) is 4.98 Å². The Morgan fingerprint density at radius 3 is 2.02 bits per heavy atom. The first kappa shape index (κ1) is 30.3. The van der Waals surface area contributed by atoms with Crippen molar-refractivity contribution >= 4 is 103 Å². The second-order valence-electron chi connectivity index (χ2n) is 14.0. The van der Waals surface area contributed by atoms with Gasteiger partial charge in [0.15, 0.2) is 5.58 Å². The van der Waals surface area contributed by atoms with Crippen LogP contribution < -0.4 is 4.90 Å².